The molecule has 1 heterocycles. The van der Waals surface area contributed by atoms with Crippen molar-refractivity contribution in [2.24, 2.45) is 0 Å². The van der Waals surface area contributed by atoms with E-state index in [9.17, 15) is 9.18 Å². The van der Waals surface area contributed by atoms with Crippen LogP contribution in [0, 0.1) is 5.82 Å². The average molecular weight is 357 g/mol. The Morgan fingerprint density at radius 3 is 2.76 bits per heavy atom. The largest absolute Gasteiger partial charge is 0.345 e. The molecule has 1 aromatic heterocycles. The van der Waals surface area contributed by atoms with E-state index < -0.39 is 0 Å². The minimum atomic E-state index is -0.348. The molecule has 0 atom stereocenters. The van der Waals surface area contributed by atoms with Crippen molar-refractivity contribution in [3.63, 3.8) is 0 Å². The predicted octanol–water partition coefficient (Wildman–Crippen LogP) is 2.80. The first-order valence-corrected chi connectivity index (χ1v) is 8.51. The lowest BCUT2D eigenvalue weighted by molar-refractivity contribution is 0.0827. The number of rotatable bonds is 5. The molecule has 128 valence electrons. The summed E-state index contributed by atoms with van der Waals surface area (Å²) >= 11 is 1.42. The van der Waals surface area contributed by atoms with Gasteiger partial charge < -0.3 is 4.90 Å². The molecule has 0 unspecified atom stereocenters. The van der Waals surface area contributed by atoms with E-state index >= 15 is 0 Å². The number of thioether (sulfide) groups is 1. The minimum Gasteiger partial charge on any atom is -0.345 e. The van der Waals surface area contributed by atoms with E-state index in [1.54, 1.807) is 32.3 Å². The lowest BCUT2D eigenvalue weighted by atomic mass is 10.1. The van der Waals surface area contributed by atoms with Gasteiger partial charge in [0.2, 0.25) is 5.16 Å². The standard InChI is InChI=1S/C17H16FN5OS/c1-22(2)16(24)13-6-3-5-12(9-13)11-25-17-19-20-21-23(17)15-8-4-7-14(18)10-15/h3-10H,11H2,1-2H3. The summed E-state index contributed by atoms with van der Waals surface area (Å²) in [6, 6.07) is 13.5. The fraction of sp³-hybridized carbons (Fsp3) is 0.176. The Morgan fingerprint density at radius 2 is 2.00 bits per heavy atom. The number of hydrogen-bond donors (Lipinski definition) is 0. The van der Waals surface area contributed by atoms with E-state index in [2.05, 4.69) is 15.5 Å². The van der Waals surface area contributed by atoms with E-state index in [-0.39, 0.29) is 11.7 Å². The van der Waals surface area contributed by atoms with Gasteiger partial charge in [-0.25, -0.2) is 4.39 Å². The molecule has 2 aromatic carbocycles. The Morgan fingerprint density at radius 1 is 1.20 bits per heavy atom. The topological polar surface area (TPSA) is 63.9 Å². The van der Waals surface area contributed by atoms with Crippen molar-refractivity contribution in [3.8, 4) is 5.69 Å². The molecule has 3 aromatic rings. The number of tetrazole rings is 1. The lowest BCUT2D eigenvalue weighted by Crippen LogP contribution is -2.21. The summed E-state index contributed by atoms with van der Waals surface area (Å²) in [4.78, 5) is 13.6. The van der Waals surface area contributed by atoms with Crippen molar-refractivity contribution in [2.75, 3.05) is 14.1 Å². The first-order chi connectivity index (χ1) is 12.0. The number of benzene rings is 2. The Balaban J connectivity index is 1.76. The molecule has 1 amide bonds. The Hall–Kier alpha value is -2.74. The molecule has 8 heteroatoms. The number of halogens is 1. The van der Waals surface area contributed by atoms with E-state index in [1.165, 1.54) is 33.5 Å². The fourth-order valence-corrected chi connectivity index (χ4v) is 3.07. The number of carbonyl (C=O) groups is 1. The molecule has 0 aliphatic carbocycles. The van der Waals surface area contributed by atoms with Crippen LogP contribution in [0.4, 0.5) is 4.39 Å². The second-order valence-corrected chi connectivity index (χ2v) is 6.48. The summed E-state index contributed by atoms with van der Waals surface area (Å²) in [6.45, 7) is 0. The van der Waals surface area contributed by atoms with Crippen molar-refractivity contribution in [1.82, 2.24) is 25.1 Å². The van der Waals surface area contributed by atoms with E-state index in [4.69, 9.17) is 0 Å². The monoisotopic (exact) mass is 357 g/mol. The van der Waals surface area contributed by atoms with Crippen LogP contribution in [0.15, 0.2) is 53.7 Å². The molecule has 0 spiro atoms. The molecule has 6 nitrogen and oxygen atoms in total. The molecular formula is C17H16FN5OS. The van der Waals surface area contributed by atoms with Crippen LogP contribution in [0.5, 0.6) is 0 Å². The molecule has 0 saturated heterocycles. The normalized spacial score (nSPS) is 10.7. The number of nitrogens with zero attached hydrogens (tertiary/aromatic N) is 5. The third-order valence-corrected chi connectivity index (χ3v) is 4.43. The summed E-state index contributed by atoms with van der Waals surface area (Å²) < 4.78 is 14.9. The second-order valence-electron chi connectivity index (χ2n) is 5.54. The number of amides is 1. The molecule has 0 bridgehead atoms. The van der Waals surface area contributed by atoms with Gasteiger partial charge in [0, 0.05) is 25.4 Å². The van der Waals surface area contributed by atoms with Gasteiger partial charge >= 0.3 is 0 Å². The maximum atomic E-state index is 13.4. The summed E-state index contributed by atoms with van der Waals surface area (Å²) in [7, 11) is 3.44. The van der Waals surface area contributed by atoms with E-state index in [1.807, 2.05) is 18.2 Å². The van der Waals surface area contributed by atoms with Crippen molar-refractivity contribution in [3.05, 3.63) is 65.5 Å². The summed E-state index contributed by atoms with van der Waals surface area (Å²) in [5.74, 6) is 0.194. The van der Waals surface area contributed by atoms with Gasteiger partial charge in [-0.1, -0.05) is 30.0 Å². The first kappa shape index (κ1) is 17.1. The number of aromatic nitrogens is 4. The van der Waals surface area contributed by atoms with Gasteiger partial charge in [0.05, 0.1) is 5.69 Å². The molecule has 0 aliphatic heterocycles. The van der Waals surface area contributed by atoms with Gasteiger partial charge in [-0.15, -0.1) is 5.10 Å². The Labute approximate surface area is 148 Å². The summed E-state index contributed by atoms with van der Waals surface area (Å²) in [5.41, 5.74) is 2.17. The molecule has 0 aliphatic rings. The maximum absolute atomic E-state index is 13.4. The molecule has 3 rings (SSSR count). The van der Waals surface area contributed by atoms with Crippen LogP contribution in [-0.4, -0.2) is 45.1 Å². The van der Waals surface area contributed by atoms with Gasteiger partial charge in [0.25, 0.3) is 5.91 Å². The van der Waals surface area contributed by atoms with Crippen molar-refractivity contribution in [1.29, 1.82) is 0 Å². The third kappa shape index (κ3) is 4.03. The van der Waals surface area contributed by atoms with Gasteiger partial charge in [-0.2, -0.15) is 4.68 Å². The molecule has 0 fully saturated rings. The van der Waals surface area contributed by atoms with Crippen LogP contribution in [0.2, 0.25) is 0 Å². The van der Waals surface area contributed by atoms with E-state index in [0.717, 1.165) is 5.56 Å². The Kier molecular flexibility index (Phi) is 5.08. The smallest absolute Gasteiger partial charge is 0.253 e. The van der Waals surface area contributed by atoms with Crippen molar-refractivity contribution in [2.45, 2.75) is 10.9 Å². The van der Waals surface area contributed by atoms with Crippen molar-refractivity contribution < 1.29 is 9.18 Å². The first-order valence-electron chi connectivity index (χ1n) is 7.52. The summed E-state index contributed by atoms with van der Waals surface area (Å²) in [5, 5.41) is 12.1. The highest BCUT2D eigenvalue weighted by Crippen LogP contribution is 2.23. The lowest BCUT2D eigenvalue weighted by Gasteiger charge is -2.11. The van der Waals surface area contributed by atoms with Crippen LogP contribution in [0.3, 0.4) is 0 Å². The molecule has 25 heavy (non-hydrogen) atoms. The van der Waals surface area contributed by atoms with Crippen molar-refractivity contribution >= 4 is 17.7 Å². The van der Waals surface area contributed by atoms with Gasteiger partial charge in [-0.05, 0) is 46.3 Å². The van der Waals surface area contributed by atoms with Gasteiger partial charge in [-0.3, -0.25) is 4.79 Å². The fourth-order valence-electron chi connectivity index (χ4n) is 2.24. The highest BCUT2D eigenvalue weighted by atomic mass is 32.2. The quantitative estimate of drug-likeness (QED) is 0.657. The highest BCUT2D eigenvalue weighted by molar-refractivity contribution is 7.98. The number of carbonyl (C=O) groups excluding carboxylic acids is 1. The zero-order chi connectivity index (χ0) is 17.8. The maximum Gasteiger partial charge on any atom is 0.253 e. The molecule has 0 radical (unpaired) electrons. The van der Waals surface area contributed by atoms with Crippen LogP contribution >= 0.6 is 11.8 Å². The summed E-state index contributed by atoms with van der Waals surface area (Å²) in [6.07, 6.45) is 0. The average Bonchev–Trinajstić information content (AvgIpc) is 3.08. The van der Waals surface area contributed by atoms with Crippen LogP contribution in [-0.2, 0) is 5.75 Å². The van der Waals surface area contributed by atoms with Crippen LogP contribution in [0.1, 0.15) is 15.9 Å². The van der Waals surface area contributed by atoms with Crippen LogP contribution in [0.25, 0.3) is 5.69 Å². The van der Waals surface area contributed by atoms with E-state index in [0.29, 0.717) is 22.2 Å². The highest BCUT2D eigenvalue weighted by Gasteiger charge is 2.12. The minimum absolute atomic E-state index is 0.0450. The molecular weight excluding hydrogens is 341 g/mol. The van der Waals surface area contributed by atoms with Crippen LogP contribution < -0.4 is 0 Å². The third-order valence-electron chi connectivity index (χ3n) is 3.44. The molecule has 0 saturated carbocycles. The number of hydrogen-bond acceptors (Lipinski definition) is 5. The SMILES string of the molecule is CN(C)C(=O)c1cccc(CSc2nnnn2-c2cccc(F)c2)c1. The van der Waals surface area contributed by atoms with Gasteiger partial charge in [0.1, 0.15) is 5.82 Å². The Bertz CT molecular complexity index is 896. The molecule has 0 N–H and O–H groups in total. The zero-order valence-electron chi connectivity index (χ0n) is 13.8. The zero-order valence-corrected chi connectivity index (χ0v) is 14.6. The predicted molar refractivity (Wildman–Crippen MR) is 93.1 cm³/mol. The second kappa shape index (κ2) is 7.43. The van der Waals surface area contributed by atoms with Gasteiger partial charge in [0.15, 0.2) is 0 Å².